The largest absolute Gasteiger partial charge is 0.383 e. The van der Waals surface area contributed by atoms with Gasteiger partial charge in [0, 0.05) is 29.4 Å². The molecule has 0 spiro atoms. The van der Waals surface area contributed by atoms with Gasteiger partial charge in [-0.15, -0.1) is 23.7 Å². The number of halogens is 1. The summed E-state index contributed by atoms with van der Waals surface area (Å²) >= 11 is 1.58. The summed E-state index contributed by atoms with van der Waals surface area (Å²) in [6.45, 7) is 2.15. The first-order valence-corrected chi connectivity index (χ1v) is 7.06. The van der Waals surface area contributed by atoms with E-state index in [1.165, 1.54) is 7.11 Å². The third-order valence-corrected chi connectivity index (χ3v) is 3.69. The van der Waals surface area contributed by atoms with Crippen molar-refractivity contribution < 1.29 is 9.53 Å². The summed E-state index contributed by atoms with van der Waals surface area (Å²) in [5, 5.41) is 5.70. The predicted octanol–water partition coefficient (Wildman–Crippen LogP) is 2.45. The first-order valence-electron chi connectivity index (χ1n) is 6.18. The van der Waals surface area contributed by atoms with E-state index in [9.17, 15) is 4.79 Å². The van der Waals surface area contributed by atoms with Crippen LogP contribution in [0.2, 0.25) is 0 Å². The highest BCUT2D eigenvalue weighted by molar-refractivity contribution is 7.13. The van der Waals surface area contributed by atoms with Gasteiger partial charge in [0.1, 0.15) is 11.0 Å². The Balaban J connectivity index is 0.00000220. The number of benzene rings is 1. The molecule has 1 amide bonds. The number of nitrogens with two attached hydrogens (primary N) is 1. The highest BCUT2D eigenvalue weighted by atomic mass is 35.5. The number of amides is 1. The summed E-state index contributed by atoms with van der Waals surface area (Å²) in [6.07, 6.45) is 0. The second-order valence-corrected chi connectivity index (χ2v) is 5.28. The topological polar surface area (TPSA) is 77.2 Å². The lowest BCUT2D eigenvalue weighted by molar-refractivity contribution is -0.118. The number of thiazole rings is 1. The number of aromatic nitrogens is 1. The molecule has 114 valence electrons. The Morgan fingerprint density at radius 1 is 1.52 bits per heavy atom. The number of anilines is 1. The first kappa shape index (κ1) is 17.6. The third-order valence-electron chi connectivity index (χ3n) is 2.68. The monoisotopic (exact) mass is 327 g/mol. The van der Waals surface area contributed by atoms with E-state index < -0.39 is 6.04 Å². The number of ether oxygens (including phenoxy) is 1. The van der Waals surface area contributed by atoms with Crippen molar-refractivity contribution in [1.82, 2.24) is 4.98 Å². The van der Waals surface area contributed by atoms with E-state index in [-0.39, 0.29) is 24.9 Å². The molecular weight excluding hydrogens is 310 g/mol. The highest BCUT2D eigenvalue weighted by Gasteiger charge is 2.13. The number of hydrogen-bond acceptors (Lipinski definition) is 5. The van der Waals surface area contributed by atoms with Crippen molar-refractivity contribution in [3.8, 4) is 10.6 Å². The lowest BCUT2D eigenvalue weighted by atomic mass is 10.2. The van der Waals surface area contributed by atoms with Crippen LogP contribution in [0, 0.1) is 6.92 Å². The molecule has 5 nitrogen and oxygen atoms in total. The molecule has 0 radical (unpaired) electrons. The fraction of sp³-hybridized carbons (Fsp3) is 0.286. The Hall–Kier alpha value is -1.47. The maximum absolute atomic E-state index is 11.8. The molecule has 1 heterocycles. The molecule has 21 heavy (non-hydrogen) atoms. The Labute approximate surface area is 133 Å². The maximum atomic E-state index is 11.8. The molecule has 7 heteroatoms. The molecular formula is C14H18ClN3O2S. The number of methoxy groups -OCH3 is 1. The van der Waals surface area contributed by atoms with Gasteiger partial charge in [-0.1, -0.05) is 12.1 Å². The summed E-state index contributed by atoms with van der Waals surface area (Å²) in [5.74, 6) is -0.265. The van der Waals surface area contributed by atoms with Crippen molar-refractivity contribution in [2.24, 2.45) is 5.73 Å². The van der Waals surface area contributed by atoms with Crippen LogP contribution in [0.3, 0.4) is 0 Å². The fourth-order valence-corrected chi connectivity index (χ4v) is 2.50. The number of nitrogens with one attached hydrogen (secondary N) is 1. The van der Waals surface area contributed by atoms with Crippen molar-refractivity contribution in [2.45, 2.75) is 13.0 Å². The van der Waals surface area contributed by atoms with Gasteiger partial charge in [-0.05, 0) is 19.1 Å². The van der Waals surface area contributed by atoms with E-state index in [2.05, 4.69) is 10.3 Å². The van der Waals surface area contributed by atoms with E-state index >= 15 is 0 Å². The smallest absolute Gasteiger partial charge is 0.243 e. The van der Waals surface area contributed by atoms with Crippen LogP contribution in [-0.4, -0.2) is 30.6 Å². The molecule has 1 aromatic heterocycles. The molecule has 0 saturated carbocycles. The van der Waals surface area contributed by atoms with E-state index in [1.54, 1.807) is 11.3 Å². The molecule has 0 fully saturated rings. The third kappa shape index (κ3) is 4.78. The van der Waals surface area contributed by atoms with Gasteiger partial charge in [-0.2, -0.15) is 0 Å². The SMILES string of the molecule is COCC(N)C(=O)Nc1cccc(-c2nc(C)cs2)c1.Cl. The lowest BCUT2D eigenvalue weighted by Crippen LogP contribution is -2.39. The summed E-state index contributed by atoms with van der Waals surface area (Å²) in [5.41, 5.74) is 8.34. The Morgan fingerprint density at radius 2 is 2.29 bits per heavy atom. The van der Waals surface area contributed by atoms with Crippen LogP contribution < -0.4 is 11.1 Å². The zero-order chi connectivity index (χ0) is 14.5. The molecule has 2 rings (SSSR count). The number of rotatable bonds is 5. The predicted molar refractivity (Wildman–Crippen MR) is 88.0 cm³/mol. The fourth-order valence-electron chi connectivity index (χ4n) is 1.71. The number of aryl methyl sites for hydroxylation is 1. The average Bonchev–Trinajstić information content (AvgIpc) is 2.86. The maximum Gasteiger partial charge on any atom is 0.243 e. The second-order valence-electron chi connectivity index (χ2n) is 4.43. The summed E-state index contributed by atoms with van der Waals surface area (Å²) in [4.78, 5) is 16.3. The van der Waals surface area contributed by atoms with Gasteiger partial charge >= 0.3 is 0 Å². The summed E-state index contributed by atoms with van der Waals surface area (Å²) < 4.78 is 4.86. The van der Waals surface area contributed by atoms with Crippen LogP contribution in [0.4, 0.5) is 5.69 Å². The van der Waals surface area contributed by atoms with E-state index in [0.29, 0.717) is 5.69 Å². The van der Waals surface area contributed by atoms with Gasteiger partial charge in [-0.25, -0.2) is 4.98 Å². The van der Waals surface area contributed by atoms with E-state index in [4.69, 9.17) is 10.5 Å². The molecule has 1 unspecified atom stereocenters. The summed E-state index contributed by atoms with van der Waals surface area (Å²) in [6, 6.07) is 6.87. The van der Waals surface area contributed by atoms with Gasteiger partial charge in [0.25, 0.3) is 0 Å². The molecule has 0 aliphatic carbocycles. The minimum atomic E-state index is -0.675. The van der Waals surface area contributed by atoms with Crippen LogP contribution in [0.1, 0.15) is 5.69 Å². The standard InChI is InChI=1S/C14H17N3O2S.ClH/c1-9-8-20-14(16-9)10-4-3-5-11(6-10)17-13(18)12(15)7-19-2;/h3-6,8,12H,7,15H2,1-2H3,(H,17,18);1H. The lowest BCUT2D eigenvalue weighted by Gasteiger charge is -2.11. The minimum absolute atomic E-state index is 0. The van der Waals surface area contributed by atoms with Crippen molar-refractivity contribution in [3.63, 3.8) is 0 Å². The minimum Gasteiger partial charge on any atom is -0.383 e. The van der Waals surface area contributed by atoms with Gasteiger partial charge in [0.05, 0.1) is 6.61 Å². The Kier molecular flexibility index (Phi) is 6.77. The van der Waals surface area contributed by atoms with Gasteiger partial charge in [0.2, 0.25) is 5.91 Å². The van der Waals surface area contributed by atoms with Crippen LogP contribution >= 0.6 is 23.7 Å². The molecule has 2 aromatic rings. The van der Waals surface area contributed by atoms with Crippen LogP contribution in [-0.2, 0) is 9.53 Å². The van der Waals surface area contributed by atoms with Crippen molar-refractivity contribution in [2.75, 3.05) is 19.0 Å². The second kappa shape index (κ2) is 8.09. The molecule has 1 aromatic carbocycles. The molecule has 0 aliphatic rings. The quantitative estimate of drug-likeness (QED) is 0.884. The Morgan fingerprint density at radius 3 is 2.90 bits per heavy atom. The zero-order valence-electron chi connectivity index (χ0n) is 11.8. The molecule has 3 N–H and O–H groups in total. The molecule has 0 bridgehead atoms. The molecule has 1 atom stereocenters. The van der Waals surface area contributed by atoms with Gasteiger partial charge in [-0.3, -0.25) is 4.79 Å². The van der Waals surface area contributed by atoms with Crippen LogP contribution in [0.5, 0.6) is 0 Å². The molecule has 0 aliphatic heterocycles. The highest BCUT2D eigenvalue weighted by Crippen LogP contribution is 2.25. The normalized spacial score (nSPS) is 11.6. The summed E-state index contributed by atoms with van der Waals surface area (Å²) in [7, 11) is 1.51. The van der Waals surface area contributed by atoms with Crippen molar-refractivity contribution >= 4 is 35.3 Å². The number of nitrogens with zero attached hydrogens (tertiary/aromatic N) is 1. The average molecular weight is 328 g/mol. The van der Waals surface area contributed by atoms with E-state index in [0.717, 1.165) is 16.3 Å². The van der Waals surface area contributed by atoms with Crippen LogP contribution in [0.15, 0.2) is 29.6 Å². The van der Waals surface area contributed by atoms with Gasteiger partial charge in [0.15, 0.2) is 0 Å². The van der Waals surface area contributed by atoms with Crippen molar-refractivity contribution in [3.05, 3.63) is 35.3 Å². The Bertz CT molecular complexity index is 603. The number of hydrogen-bond donors (Lipinski definition) is 2. The molecule has 0 saturated heterocycles. The van der Waals surface area contributed by atoms with Crippen molar-refractivity contribution in [1.29, 1.82) is 0 Å². The number of carbonyl (C=O) groups is 1. The number of carbonyl (C=O) groups excluding carboxylic acids is 1. The zero-order valence-corrected chi connectivity index (χ0v) is 13.5. The van der Waals surface area contributed by atoms with E-state index in [1.807, 2.05) is 36.6 Å². The van der Waals surface area contributed by atoms with Gasteiger partial charge < -0.3 is 15.8 Å². The first-order chi connectivity index (χ1) is 9.60. The van der Waals surface area contributed by atoms with Crippen LogP contribution in [0.25, 0.3) is 10.6 Å².